The highest BCUT2D eigenvalue weighted by Gasteiger charge is 2.29. The van der Waals surface area contributed by atoms with Gasteiger partial charge in [-0.3, -0.25) is 0 Å². The van der Waals surface area contributed by atoms with E-state index in [4.69, 9.17) is 14.6 Å². The molecule has 0 aromatic heterocycles. The summed E-state index contributed by atoms with van der Waals surface area (Å²) in [6.45, 7) is 3.58. The maximum absolute atomic E-state index is 12.3. The van der Waals surface area contributed by atoms with Crippen LogP contribution in [0.3, 0.4) is 0 Å². The fourth-order valence-corrected chi connectivity index (χ4v) is 6.44. The topological polar surface area (TPSA) is 72.8 Å². The smallest absolute Gasteiger partial charge is 0.178 e. The zero-order valence-electron chi connectivity index (χ0n) is 18.8. The molecule has 0 spiro atoms. The third-order valence-corrected chi connectivity index (χ3v) is 8.66. The molecule has 0 radical (unpaired) electrons. The van der Waals surface area contributed by atoms with Gasteiger partial charge in [-0.05, 0) is 73.6 Å². The second-order valence-electron chi connectivity index (χ2n) is 9.20. The summed E-state index contributed by atoms with van der Waals surface area (Å²) >= 11 is 0. The molecule has 2 aromatic carbocycles. The zero-order valence-corrected chi connectivity index (χ0v) is 19.6. The molecule has 174 valence electrons. The van der Waals surface area contributed by atoms with Crippen LogP contribution in [0.5, 0.6) is 11.5 Å². The third kappa shape index (κ3) is 5.29. The Morgan fingerprint density at radius 2 is 1.84 bits per heavy atom. The van der Waals surface area contributed by atoms with Crippen molar-refractivity contribution in [3.8, 4) is 11.5 Å². The lowest BCUT2D eigenvalue weighted by atomic mass is 9.87. The van der Waals surface area contributed by atoms with Crippen molar-refractivity contribution in [2.24, 2.45) is 5.92 Å². The second-order valence-corrected chi connectivity index (χ2v) is 11.3. The van der Waals surface area contributed by atoms with Crippen LogP contribution < -0.4 is 9.47 Å². The highest BCUT2D eigenvalue weighted by Crippen LogP contribution is 2.45. The lowest BCUT2D eigenvalue weighted by Crippen LogP contribution is -2.08. The molecule has 0 saturated heterocycles. The Labute approximate surface area is 191 Å². The molecule has 0 amide bonds. The molecule has 5 nitrogen and oxygen atoms in total. The summed E-state index contributed by atoms with van der Waals surface area (Å²) in [5.74, 6) is 3.30. The molecule has 2 aromatic rings. The number of aliphatic hydroxyl groups excluding tert-OH is 1. The first-order valence-corrected chi connectivity index (χ1v) is 13.4. The highest BCUT2D eigenvalue weighted by molar-refractivity contribution is 7.91. The molecular weight excluding hydrogens is 424 g/mol. The number of rotatable bonds is 8. The minimum absolute atomic E-state index is 0.00974. The van der Waals surface area contributed by atoms with E-state index in [1.807, 2.05) is 18.2 Å². The quantitative estimate of drug-likeness (QED) is 0.597. The second kappa shape index (κ2) is 10.3. The van der Waals surface area contributed by atoms with Gasteiger partial charge in [-0.2, -0.15) is 0 Å². The zero-order chi connectivity index (χ0) is 22.6. The summed E-state index contributed by atoms with van der Waals surface area (Å²) in [5.41, 5.74) is 2.47. The maximum Gasteiger partial charge on any atom is 0.178 e. The van der Waals surface area contributed by atoms with Crippen LogP contribution in [0.2, 0.25) is 0 Å². The average molecular weight is 459 g/mol. The van der Waals surface area contributed by atoms with E-state index in [-0.39, 0.29) is 18.8 Å². The lowest BCUT2D eigenvalue weighted by molar-refractivity contribution is 0.295. The molecule has 1 saturated carbocycles. The summed E-state index contributed by atoms with van der Waals surface area (Å²) in [7, 11) is -3.31. The van der Waals surface area contributed by atoms with Gasteiger partial charge in [0.25, 0.3) is 0 Å². The van der Waals surface area contributed by atoms with E-state index in [1.165, 1.54) is 17.5 Å². The van der Waals surface area contributed by atoms with E-state index in [2.05, 4.69) is 19.1 Å². The van der Waals surface area contributed by atoms with E-state index >= 15 is 0 Å². The molecule has 2 aliphatic rings. The van der Waals surface area contributed by atoms with Crippen LogP contribution >= 0.6 is 0 Å². The van der Waals surface area contributed by atoms with Crippen LogP contribution in [0.15, 0.2) is 47.4 Å². The van der Waals surface area contributed by atoms with Crippen LogP contribution in [0.4, 0.5) is 0 Å². The van der Waals surface area contributed by atoms with Crippen molar-refractivity contribution in [2.75, 3.05) is 25.6 Å². The number of aliphatic hydroxyl groups is 1. The van der Waals surface area contributed by atoms with Gasteiger partial charge in [0, 0.05) is 18.6 Å². The van der Waals surface area contributed by atoms with E-state index in [1.54, 1.807) is 12.1 Å². The minimum atomic E-state index is -3.31. The SMILES string of the molecule is C[C@@H](CC1CC[C@H](c2ccc(S(=O)(=O)CCCO)cc2)C1)c1cccc2c1OCCCO2. The normalized spacial score (nSPS) is 21.8. The average Bonchev–Trinajstić information content (AvgIpc) is 3.12. The van der Waals surface area contributed by atoms with Crippen molar-refractivity contribution in [2.45, 2.75) is 62.2 Å². The van der Waals surface area contributed by atoms with Gasteiger partial charge >= 0.3 is 0 Å². The van der Waals surface area contributed by atoms with Crippen molar-refractivity contribution in [3.05, 3.63) is 53.6 Å². The summed E-state index contributed by atoms with van der Waals surface area (Å²) in [5, 5.41) is 8.92. The van der Waals surface area contributed by atoms with Crippen molar-refractivity contribution in [1.29, 1.82) is 0 Å². The summed E-state index contributed by atoms with van der Waals surface area (Å²) in [6.07, 6.45) is 5.76. The molecule has 1 fully saturated rings. The Hall–Kier alpha value is -2.05. The van der Waals surface area contributed by atoms with Gasteiger partial charge in [0.15, 0.2) is 21.3 Å². The largest absolute Gasteiger partial charge is 0.490 e. The van der Waals surface area contributed by atoms with E-state index < -0.39 is 9.84 Å². The Morgan fingerprint density at radius 3 is 2.62 bits per heavy atom. The number of ether oxygens (including phenoxy) is 2. The van der Waals surface area contributed by atoms with Crippen LogP contribution in [0.1, 0.15) is 68.4 Å². The van der Waals surface area contributed by atoms with Gasteiger partial charge in [0.05, 0.1) is 23.9 Å². The number of sulfone groups is 1. The van der Waals surface area contributed by atoms with E-state index in [0.717, 1.165) is 37.2 Å². The van der Waals surface area contributed by atoms with Crippen molar-refractivity contribution >= 4 is 9.84 Å². The number of benzene rings is 2. The number of hydrogen-bond donors (Lipinski definition) is 1. The Balaban J connectivity index is 1.38. The highest BCUT2D eigenvalue weighted by atomic mass is 32.2. The first kappa shape index (κ1) is 23.1. The van der Waals surface area contributed by atoms with Crippen molar-refractivity contribution < 1.29 is 23.0 Å². The number of para-hydroxylation sites is 1. The lowest BCUT2D eigenvalue weighted by Gasteiger charge is -2.21. The van der Waals surface area contributed by atoms with Crippen LogP contribution in [0.25, 0.3) is 0 Å². The van der Waals surface area contributed by atoms with Gasteiger partial charge in [-0.25, -0.2) is 8.42 Å². The molecule has 32 heavy (non-hydrogen) atoms. The first-order valence-electron chi connectivity index (χ1n) is 11.8. The standard InChI is InChI=1S/C26H34O5S/c1-19(24-5-2-6-25-26(24)31-15-4-14-30-25)17-20-7-8-22(18-20)21-9-11-23(12-10-21)32(28,29)16-3-13-27/h2,5-6,9-12,19-20,22,27H,3-4,7-8,13-18H2,1H3/t19-,20?,22-/m0/s1. The van der Waals surface area contributed by atoms with Gasteiger partial charge < -0.3 is 14.6 Å². The minimum Gasteiger partial charge on any atom is -0.490 e. The molecule has 1 aliphatic heterocycles. The Bertz CT molecular complexity index is 999. The predicted molar refractivity (Wildman–Crippen MR) is 125 cm³/mol. The van der Waals surface area contributed by atoms with Crippen molar-refractivity contribution in [1.82, 2.24) is 0 Å². The van der Waals surface area contributed by atoms with Gasteiger partial charge in [-0.1, -0.05) is 31.2 Å². The molecule has 4 rings (SSSR count). The van der Waals surface area contributed by atoms with Gasteiger partial charge in [0.1, 0.15) is 0 Å². The number of fused-ring (bicyclic) bond motifs is 1. The first-order chi connectivity index (χ1) is 15.5. The van der Waals surface area contributed by atoms with Crippen LogP contribution in [0, 0.1) is 5.92 Å². The molecular formula is C26H34O5S. The molecule has 6 heteroatoms. The fraction of sp³-hybridized carbons (Fsp3) is 0.538. The molecule has 1 heterocycles. The molecule has 1 unspecified atom stereocenters. The van der Waals surface area contributed by atoms with Crippen molar-refractivity contribution in [3.63, 3.8) is 0 Å². The van der Waals surface area contributed by atoms with E-state index in [0.29, 0.717) is 35.9 Å². The maximum atomic E-state index is 12.3. The molecule has 1 N–H and O–H groups in total. The number of hydrogen-bond acceptors (Lipinski definition) is 5. The molecule has 1 aliphatic carbocycles. The van der Waals surface area contributed by atoms with Crippen LogP contribution in [-0.2, 0) is 9.84 Å². The van der Waals surface area contributed by atoms with Crippen LogP contribution in [-0.4, -0.2) is 39.1 Å². The van der Waals surface area contributed by atoms with E-state index in [9.17, 15) is 8.42 Å². The fourth-order valence-electron chi connectivity index (χ4n) is 5.14. The monoisotopic (exact) mass is 458 g/mol. The third-order valence-electron chi connectivity index (χ3n) is 6.84. The molecule has 3 atom stereocenters. The Morgan fingerprint density at radius 1 is 1.06 bits per heavy atom. The predicted octanol–water partition coefficient (Wildman–Crippen LogP) is 5.08. The Kier molecular flexibility index (Phi) is 7.41. The summed E-state index contributed by atoms with van der Waals surface area (Å²) in [4.78, 5) is 0.352. The summed E-state index contributed by atoms with van der Waals surface area (Å²) < 4.78 is 36.5. The summed E-state index contributed by atoms with van der Waals surface area (Å²) in [6, 6.07) is 13.6. The van der Waals surface area contributed by atoms with Gasteiger partial charge in [0.2, 0.25) is 0 Å². The van der Waals surface area contributed by atoms with Gasteiger partial charge in [-0.15, -0.1) is 0 Å². The molecule has 0 bridgehead atoms.